The molecule has 1 saturated heterocycles. The lowest BCUT2D eigenvalue weighted by Crippen LogP contribution is -2.42. The molecule has 1 atom stereocenters. The molecule has 1 aliphatic heterocycles. The number of benzene rings is 2. The quantitative estimate of drug-likeness (QED) is 0.730. The van der Waals surface area contributed by atoms with Crippen molar-refractivity contribution in [3.05, 3.63) is 53.6 Å². The summed E-state index contributed by atoms with van der Waals surface area (Å²) >= 11 is 0. The number of rotatable bonds is 6. The minimum Gasteiger partial charge on any atom is -0.497 e. The number of carbonyl (C=O) groups excluding carboxylic acids is 3. The molecule has 8 nitrogen and oxygen atoms in total. The van der Waals surface area contributed by atoms with Crippen LogP contribution in [0, 0.1) is 6.92 Å². The van der Waals surface area contributed by atoms with E-state index in [-0.39, 0.29) is 0 Å². The Morgan fingerprint density at radius 2 is 1.79 bits per heavy atom. The van der Waals surface area contributed by atoms with Gasteiger partial charge in [0.05, 0.1) is 19.9 Å². The molecule has 0 aliphatic carbocycles. The first-order valence-electron chi connectivity index (χ1n) is 9.01. The highest BCUT2D eigenvalue weighted by Crippen LogP contribution is 2.30. The van der Waals surface area contributed by atoms with Crippen molar-refractivity contribution < 1.29 is 23.9 Å². The maximum Gasteiger partial charge on any atom is 0.325 e. The Balaban J connectivity index is 1.75. The minimum absolute atomic E-state index is 0.402. The summed E-state index contributed by atoms with van der Waals surface area (Å²) < 4.78 is 10.4. The molecule has 0 aromatic heterocycles. The zero-order chi connectivity index (χ0) is 21.2. The van der Waals surface area contributed by atoms with Gasteiger partial charge in [0, 0.05) is 6.07 Å². The fourth-order valence-corrected chi connectivity index (χ4v) is 3.16. The normalized spacial score (nSPS) is 18.4. The number of carbonyl (C=O) groups is 3. The zero-order valence-corrected chi connectivity index (χ0v) is 16.7. The predicted octanol–water partition coefficient (Wildman–Crippen LogP) is 2.42. The Hall–Kier alpha value is -3.55. The molecule has 0 saturated carbocycles. The SMILES string of the molecule is COc1ccc(NC(=O)CN2C(=O)N[C@](C)(c3ccc(C)cc3)C2=O)c(OC)c1. The lowest BCUT2D eigenvalue weighted by atomic mass is 9.91. The number of hydrogen-bond acceptors (Lipinski definition) is 5. The van der Waals surface area contributed by atoms with Gasteiger partial charge in [0.25, 0.3) is 5.91 Å². The van der Waals surface area contributed by atoms with Gasteiger partial charge in [0.2, 0.25) is 5.91 Å². The minimum atomic E-state index is -1.22. The van der Waals surface area contributed by atoms with Gasteiger partial charge in [-0.3, -0.25) is 14.5 Å². The van der Waals surface area contributed by atoms with Crippen LogP contribution < -0.4 is 20.1 Å². The van der Waals surface area contributed by atoms with E-state index in [1.54, 1.807) is 37.3 Å². The summed E-state index contributed by atoms with van der Waals surface area (Å²) in [5, 5.41) is 5.35. The number of amides is 4. The summed E-state index contributed by atoms with van der Waals surface area (Å²) in [6, 6.07) is 11.6. The smallest absolute Gasteiger partial charge is 0.325 e. The molecule has 2 aromatic rings. The van der Waals surface area contributed by atoms with Crippen LogP contribution in [0.5, 0.6) is 11.5 Å². The van der Waals surface area contributed by atoms with E-state index in [9.17, 15) is 14.4 Å². The molecule has 1 fully saturated rings. The van der Waals surface area contributed by atoms with Crippen LogP contribution in [-0.4, -0.2) is 43.5 Å². The van der Waals surface area contributed by atoms with Crippen LogP contribution >= 0.6 is 0 Å². The first kappa shape index (κ1) is 20.2. The Labute approximate surface area is 168 Å². The molecule has 8 heteroatoms. The van der Waals surface area contributed by atoms with Crippen molar-refractivity contribution in [2.75, 3.05) is 26.1 Å². The molecular formula is C21H23N3O5. The number of imide groups is 1. The lowest BCUT2D eigenvalue weighted by molar-refractivity contribution is -0.133. The summed E-state index contributed by atoms with van der Waals surface area (Å²) in [6.45, 7) is 3.15. The van der Waals surface area contributed by atoms with Crippen molar-refractivity contribution in [2.24, 2.45) is 0 Å². The predicted molar refractivity (Wildman–Crippen MR) is 107 cm³/mol. The van der Waals surface area contributed by atoms with E-state index in [2.05, 4.69) is 10.6 Å². The van der Waals surface area contributed by atoms with Crippen LogP contribution in [-0.2, 0) is 15.1 Å². The molecule has 0 radical (unpaired) electrons. The summed E-state index contributed by atoms with van der Waals surface area (Å²) in [4.78, 5) is 38.8. The summed E-state index contributed by atoms with van der Waals surface area (Å²) in [6.07, 6.45) is 0. The van der Waals surface area contributed by atoms with Gasteiger partial charge in [-0.15, -0.1) is 0 Å². The number of urea groups is 1. The first-order valence-corrected chi connectivity index (χ1v) is 9.01. The largest absolute Gasteiger partial charge is 0.497 e. The van der Waals surface area contributed by atoms with Crippen LogP contribution in [0.15, 0.2) is 42.5 Å². The molecule has 152 valence electrons. The van der Waals surface area contributed by atoms with Crippen LogP contribution in [0.1, 0.15) is 18.1 Å². The lowest BCUT2D eigenvalue weighted by Gasteiger charge is -2.22. The van der Waals surface area contributed by atoms with Crippen LogP contribution in [0.4, 0.5) is 10.5 Å². The van der Waals surface area contributed by atoms with Crippen LogP contribution in [0.2, 0.25) is 0 Å². The Morgan fingerprint density at radius 1 is 1.10 bits per heavy atom. The van der Waals surface area contributed by atoms with E-state index in [4.69, 9.17) is 9.47 Å². The van der Waals surface area contributed by atoms with Crippen LogP contribution in [0.3, 0.4) is 0 Å². The average Bonchev–Trinajstić information content (AvgIpc) is 2.92. The summed E-state index contributed by atoms with van der Waals surface area (Å²) in [7, 11) is 2.99. The second-order valence-corrected chi connectivity index (χ2v) is 6.93. The Kier molecular flexibility index (Phi) is 5.45. The van der Waals surface area contributed by atoms with Gasteiger partial charge in [-0.25, -0.2) is 4.79 Å². The fraction of sp³-hybridized carbons (Fsp3) is 0.286. The van der Waals surface area contributed by atoms with E-state index in [1.165, 1.54) is 14.2 Å². The molecule has 2 N–H and O–H groups in total. The molecule has 0 spiro atoms. The Morgan fingerprint density at radius 3 is 2.41 bits per heavy atom. The fourth-order valence-electron chi connectivity index (χ4n) is 3.16. The molecular weight excluding hydrogens is 374 g/mol. The monoisotopic (exact) mass is 397 g/mol. The van der Waals surface area contributed by atoms with Crippen molar-refractivity contribution in [1.82, 2.24) is 10.2 Å². The molecule has 3 rings (SSSR count). The molecule has 0 bridgehead atoms. The first-order chi connectivity index (χ1) is 13.8. The highest BCUT2D eigenvalue weighted by molar-refractivity contribution is 6.10. The van der Waals surface area contributed by atoms with Crippen molar-refractivity contribution >= 4 is 23.5 Å². The van der Waals surface area contributed by atoms with Crippen molar-refractivity contribution in [2.45, 2.75) is 19.4 Å². The van der Waals surface area contributed by atoms with Gasteiger partial charge in [0.15, 0.2) is 0 Å². The number of methoxy groups -OCH3 is 2. The number of aryl methyl sites for hydroxylation is 1. The Bertz CT molecular complexity index is 957. The second kappa shape index (κ2) is 7.83. The van der Waals surface area contributed by atoms with Crippen molar-refractivity contribution in [3.8, 4) is 11.5 Å². The maximum absolute atomic E-state index is 12.9. The standard InChI is InChI=1S/C21H23N3O5/c1-13-5-7-14(8-6-13)21(2)19(26)24(20(27)23-21)12-18(25)22-16-10-9-15(28-3)11-17(16)29-4/h5-11H,12H2,1-4H3,(H,22,25)(H,23,27)/t21-/m1/s1. The van der Waals surface area contributed by atoms with Crippen LogP contribution in [0.25, 0.3) is 0 Å². The van der Waals surface area contributed by atoms with E-state index >= 15 is 0 Å². The second-order valence-electron chi connectivity index (χ2n) is 6.93. The summed E-state index contributed by atoms with van der Waals surface area (Å²) in [5.41, 5.74) is 0.884. The molecule has 2 aromatic carbocycles. The maximum atomic E-state index is 12.9. The molecule has 29 heavy (non-hydrogen) atoms. The van der Waals surface area contributed by atoms with Gasteiger partial charge in [0.1, 0.15) is 23.6 Å². The highest BCUT2D eigenvalue weighted by Gasteiger charge is 2.49. The highest BCUT2D eigenvalue weighted by atomic mass is 16.5. The number of nitrogens with one attached hydrogen (secondary N) is 2. The number of ether oxygens (including phenoxy) is 2. The van der Waals surface area contributed by atoms with Gasteiger partial charge < -0.3 is 20.1 Å². The molecule has 1 heterocycles. The third-order valence-corrected chi connectivity index (χ3v) is 4.89. The van der Waals surface area contributed by atoms with Gasteiger partial charge >= 0.3 is 6.03 Å². The number of nitrogens with zero attached hydrogens (tertiary/aromatic N) is 1. The molecule has 1 aliphatic rings. The van der Waals surface area contributed by atoms with Gasteiger partial charge in [-0.2, -0.15) is 0 Å². The topological polar surface area (TPSA) is 97.0 Å². The van der Waals surface area contributed by atoms with Crippen molar-refractivity contribution in [1.29, 1.82) is 0 Å². The number of hydrogen-bond donors (Lipinski definition) is 2. The van der Waals surface area contributed by atoms with E-state index in [0.717, 1.165) is 10.5 Å². The van der Waals surface area contributed by atoms with E-state index in [1.807, 2.05) is 19.1 Å². The van der Waals surface area contributed by atoms with E-state index in [0.29, 0.717) is 22.7 Å². The third-order valence-electron chi connectivity index (χ3n) is 4.89. The third kappa shape index (κ3) is 3.87. The number of anilines is 1. The van der Waals surface area contributed by atoms with E-state index < -0.39 is 29.9 Å². The van der Waals surface area contributed by atoms with Gasteiger partial charge in [-0.1, -0.05) is 29.8 Å². The molecule has 4 amide bonds. The zero-order valence-electron chi connectivity index (χ0n) is 16.7. The summed E-state index contributed by atoms with van der Waals surface area (Å²) in [5.74, 6) is -0.0319. The molecule has 0 unspecified atom stereocenters. The van der Waals surface area contributed by atoms with Crippen molar-refractivity contribution in [3.63, 3.8) is 0 Å². The average molecular weight is 397 g/mol. The van der Waals surface area contributed by atoms with Gasteiger partial charge in [-0.05, 0) is 31.5 Å².